The fourth-order valence-electron chi connectivity index (χ4n) is 2.04. The molecule has 0 aliphatic carbocycles. The van der Waals surface area contributed by atoms with E-state index in [0.29, 0.717) is 17.0 Å². The first-order chi connectivity index (χ1) is 9.51. The van der Waals surface area contributed by atoms with Crippen LogP contribution in [0.15, 0.2) is 31.8 Å². The summed E-state index contributed by atoms with van der Waals surface area (Å²) in [5, 5.41) is 3.82. The van der Waals surface area contributed by atoms with Crippen LogP contribution in [0, 0.1) is 5.82 Å². The van der Waals surface area contributed by atoms with Gasteiger partial charge in [0, 0.05) is 11.1 Å². The highest BCUT2D eigenvalue weighted by atomic mass is 79.9. The van der Waals surface area contributed by atoms with Crippen LogP contribution in [-0.4, -0.2) is 6.54 Å². The second kappa shape index (κ2) is 7.36. The van der Waals surface area contributed by atoms with Crippen LogP contribution in [0.3, 0.4) is 0 Å². The molecular formula is C14H13Br2ClFNS. The summed E-state index contributed by atoms with van der Waals surface area (Å²) in [7, 11) is 0. The second-order valence-electron chi connectivity index (χ2n) is 4.33. The molecule has 20 heavy (non-hydrogen) atoms. The molecule has 0 bridgehead atoms. The van der Waals surface area contributed by atoms with Gasteiger partial charge in [-0.2, -0.15) is 0 Å². The minimum atomic E-state index is -0.258. The van der Waals surface area contributed by atoms with E-state index in [1.54, 1.807) is 23.5 Å². The Hall–Kier alpha value is 0.0600. The second-order valence-corrected chi connectivity index (χ2v) is 8.52. The van der Waals surface area contributed by atoms with Crippen molar-refractivity contribution in [3.8, 4) is 0 Å². The number of rotatable bonds is 5. The zero-order valence-corrected chi connectivity index (χ0v) is 15.5. The number of hydrogen-bond acceptors (Lipinski definition) is 2. The van der Waals surface area contributed by atoms with Crippen molar-refractivity contribution in [2.75, 3.05) is 6.54 Å². The predicted molar refractivity (Wildman–Crippen MR) is 91.3 cm³/mol. The average Bonchev–Trinajstić information content (AvgIpc) is 2.71. The van der Waals surface area contributed by atoms with Gasteiger partial charge >= 0.3 is 0 Å². The molecule has 6 heteroatoms. The molecule has 2 aromatic rings. The van der Waals surface area contributed by atoms with Crippen LogP contribution in [0.1, 0.15) is 24.1 Å². The number of likely N-dealkylation sites (N-methyl/N-ethyl adjacent to an activating group) is 1. The lowest BCUT2D eigenvalue weighted by Gasteiger charge is -2.18. The third-order valence-electron chi connectivity index (χ3n) is 2.95. The van der Waals surface area contributed by atoms with E-state index in [1.807, 2.05) is 6.92 Å². The normalized spacial score (nSPS) is 12.7. The fraction of sp³-hybridized carbons (Fsp3) is 0.286. The van der Waals surface area contributed by atoms with E-state index in [9.17, 15) is 4.39 Å². The number of halogens is 4. The summed E-state index contributed by atoms with van der Waals surface area (Å²) in [6, 6.07) is 6.96. The first kappa shape index (κ1) is 16.4. The summed E-state index contributed by atoms with van der Waals surface area (Å²) >= 11 is 14.5. The molecule has 0 aliphatic rings. The van der Waals surface area contributed by atoms with Crippen LogP contribution >= 0.6 is 54.8 Å². The van der Waals surface area contributed by atoms with Crippen molar-refractivity contribution in [3.05, 3.63) is 53.8 Å². The maximum Gasteiger partial charge on any atom is 0.127 e. The van der Waals surface area contributed by atoms with E-state index in [4.69, 9.17) is 11.6 Å². The minimum Gasteiger partial charge on any atom is -0.310 e. The SMILES string of the molecule is CCNC(Cc1ccc(Cl)cc1F)c1cc(Br)sc1Br. The summed E-state index contributed by atoms with van der Waals surface area (Å²) < 4.78 is 16.1. The van der Waals surface area contributed by atoms with Gasteiger partial charge < -0.3 is 5.32 Å². The van der Waals surface area contributed by atoms with Gasteiger partial charge in [0.15, 0.2) is 0 Å². The van der Waals surface area contributed by atoms with Gasteiger partial charge in [0.2, 0.25) is 0 Å². The van der Waals surface area contributed by atoms with Crippen LogP contribution in [-0.2, 0) is 6.42 Å². The Labute approximate surface area is 143 Å². The lowest BCUT2D eigenvalue weighted by Crippen LogP contribution is -2.23. The molecule has 2 rings (SSSR count). The number of nitrogens with one attached hydrogen (secondary N) is 1. The van der Waals surface area contributed by atoms with Crippen LogP contribution in [0.2, 0.25) is 5.02 Å². The van der Waals surface area contributed by atoms with Gasteiger partial charge in [0.1, 0.15) is 5.82 Å². The quantitative estimate of drug-likeness (QED) is 0.604. The van der Waals surface area contributed by atoms with Crippen LogP contribution in [0.4, 0.5) is 4.39 Å². The lowest BCUT2D eigenvalue weighted by atomic mass is 10.0. The third kappa shape index (κ3) is 4.04. The van der Waals surface area contributed by atoms with Crippen molar-refractivity contribution in [2.45, 2.75) is 19.4 Å². The molecule has 0 aliphatic heterocycles. The molecule has 0 saturated heterocycles. The molecule has 1 atom stereocenters. The Morgan fingerprint density at radius 1 is 1.35 bits per heavy atom. The highest BCUT2D eigenvalue weighted by Crippen LogP contribution is 2.36. The van der Waals surface area contributed by atoms with Gasteiger partial charge in [0.05, 0.1) is 7.57 Å². The first-order valence-corrected chi connectivity index (χ1v) is 8.91. The maximum atomic E-state index is 13.9. The largest absolute Gasteiger partial charge is 0.310 e. The fourth-order valence-corrected chi connectivity index (χ4v) is 5.17. The zero-order chi connectivity index (χ0) is 14.7. The Morgan fingerprint density at radius 3 is 2.65 bits per heavy atom. The van der Waals surface area contributed by atoms with Crippen molar-refractivity contribution >= 4 is 54.8 Å². The van der Waals surface area contributed by atoms with Gasteiger partial charge in [-0.1, -0.05) is 24.6 Å². The Bertz CT molecular complexity index is 603. The van der Waals surface area contributed by atoms with Crippen molar-refractivity contribution in [2.24, 2.45) is 0 Å². The smallest absolute Gasteiger partial charge is 0.127 e. The molecule has 1 aromatic heterocycles. The van der Waals surface area contributed by atoms with Gasteiger partial charge in [-0.05, 0) is 74.2 Å². The average molecular weight is 442 g/mol. The molecule has 1 unspecified atom stereocenters. The number of thiophene rings is 1. The first-order valence-electron chi connectivity index (χ1n) is 6.13. The molecule has 0 spiro atoms. The van der Waals surface area contributed by atoms with Gasteiger partial charge in [-0.25, -0.2) is 4.39 Å². The van der Waals surface area contributed by atoms with E-state index in [1.165, 1.54) is 6.07 Å². The molecule has 0 fully saturated rings. The summed E-state index contributed by atoms with van der Waals surface area (Å²) in [5.41, 5.74) is 1.80. The molecule has 108 valence electrons. The summed E-state index contributed by atoms with van der Waals surface area (Å²) in [5.74, 6) is -0.258. The lowest BCUT2D eigenvalue weighted by molar-refractivity contribution is 0.528. The molecule has 1 N–H and O–H groups in total. The molecule has 1 aromatic carbocycles. The van der Waals surface area contributed by atoms with Gasteiger partial charge in [0.25, 0.3) is 0 Å². The monoisotopic (exact) mass is 439 g/mol. The Balaban J connectivity index is 2.27. The minimum absolute atomic E-state index is 0.0626. The van der Waals surface area contributed by atoms with Crippen LogP contribution in [0.25, 0.3) is 0 Å². The standard InChI is InChI=1S/C14H13Br2ClFNS/c1-2-19-12(10-7-13(15)20-14(10)16)5-8-3-4-9(17)6-11(8)18/h3-4,6-7,12,19H,2,5H2,1H3. The van der Waals surface area contributed by atoms with Crippen molar-refractivity contribution in [3.63, 3.8) is 0 Å². The van der Waals surface area contributed by atoms with Gasteiger partial charge in [-0.15, -0.1) is 11.3 Å². The summed E-state index contributed by atoms with van der Waals surface area (Å²) in [6.07, 6.45) is 0.582. The summed E-state index contributed by atoms with van der Waals surface area (Å²) in [4.78, 5) is 0. The molecular weight excluding hydrogens is 428 g/mol. The molecule has 1 heterocycles. The van der Waals surface area contributed by atoms with Crippen molar-refractivity contribution in [1.29, 1.82) is 0 Å². The predicted octanol–water partition coefficient (Wildman–Crippen LogP) is 5.96. The van der Waals surface area contributed by atoms with Crippen LogP contribution < -0.4 is 5.32 Å². The van der Waals surface area contributed by atoms with E-state index >= 15 is 0 Å². The van der Waals surface area contributed by atoms with Crippen LogP contribution in [0.5, 0.6) is 0 Å². The van der Waals surface area contributed by atoms with E-state index in [-0.39, 0.29) is 11.9 Å². The van der Waals surface area contributed by atoms with Crippen molar-refractivity contribution in [1.82, 2.24) is 5.32 Å². The Morgan fingerprint density at radius 2 is 2.10 bits per heavy atom. The number of benzene rings is 1. The van der Waals surface area contributed by atoms with E-state index < -0.39 is 0 Å². The highest BCUT2D eigenvalue weighted by Gasteiger charge is 2.18. The third-order valence-corrected chi connectivity index (χ3v) is 5.57. The maximum absolute atomic E-state index is 13.9. The Kier molecular flexibility index (Phi) is 6.05. The molecule has 0 radical (unpaired) electrons. The highest BCUT2D eigenvalue weighted by molar-refractivity contribution is 9.12. The number of hydrogen-bond donors (Lipinski definition) is 1. The zero-order valence-electron chi connectivity index (χ0n) is 10.7. The van der Waals surface area contributed by atoms with Gasteiger partial charge in [-0.3, -0.25) is 0 Å². The molecule has 1 nitrogen and oxygen atoms in total. The molecule has 0 saturated carbocycles. The topological polar surface area (TPSA) is 12.0 Å². The van der Waals surface area contributed by atoms with E-state index in [2.05, 4.69) is 43.2 Å². The summed E-state index contributed by atoms with van der Waals surface area (Å²) in [6.45, 7) is 2.86. The van der Waals surface area contributed by atoms with Crippen molar-refractivity contribution < 1.29 is 4.39 Å². The van der Waals surface area contributed by atoms with E-state index in [0.717, 1.165) is 19.7 Å². The molecule has 0 amide bonds.